The van der Waals surface area contributed by atoms with Gasteiger partial charge in [0, 0.05) is 16.6 Å². The predicted molar refractivity (Wildman–Crippen MR) is 90.2 cm³/mol. The summed E-state index contributed by atoms with van der Waals surface area (Å²) in [6.07, 6.45) is 1.81. The van der Waals surface area contributed by atoms with Crippen LogP contribution in [0.5, 0.6) is 0 Å². The number of nitrogens with zero attached hydrogens (tertiary/aromatic N) is 1. The minimum absolute atomic E-state index is 0.0916. The van der Waals surface area contributed by atoms with E-state index in [-0.39, 0.29) is 11.9 Å². The Morgan fingerprint density at radius 2 is 1.67 bits per heavy atom. The number of rotatable bonds is 3. The van der Waals surface area contributed by atoms with Crippen molar-refractivity contribution in [2.75, 3.05) is 0 Å². The Morgan fingerprint density at radius 1 is 1.04 bits per heavy atom. The molecule has 24 heavy (non-hydrogen) atoms. The molecular weight excluding hydrogens is 326 g/mol. The number of carbonyl (C=O) groups excluding carboxylic acids is 1. The van der Waals surface area contributed by atoms with Crippen molar-refractivity contribution >= 4 is 23.5 Å². The number of carbonyl (C=O) groups is 2. The van der Waals surface area contributed by atoms with Gasteiger partial charge in [-0.05, 0) is 36.1 Å². The summed E-state index contributed by atoms with van der Waals surface area (Å²) in [6, 6.07) is 13.7. The minimum Gasteiger partial charge on any atom is -0.481 e. The fourth-order valence-electron chi connectivity index (χ4n) is 3.62. The van der Waals surface area contributed by atoms with Gasteiger partial charge >= 0.3 is 5.97 Å². The molecule has 1 aliphatic heterocycles. The summed E-state index contributed by atoms with van der Waals surface area (Å²) in [5.74, 6) is -1.86. The third kappa shape index (κ3) is 2.29. The minimum atomic E-state index is -0.939. The van der Waals surface area contributed by atoms with Crippen LogP contribution in [0.25, 0.3) is 0 Å². The van der Waals surface area contributed by atoms with Gasteiger partial charge in [0.25, 0.3) is 5.91 Å². The highest BCUT2D eigenvalue weighted by Gasteiger charge is 2.49. The number of halogens is 1. The Labute approximate surface area is 144 Å². The van der Waals surface area contributed by atoms with Crippen LogP contribution in [0, 0.1) is 0 Å². The lowest BCUT2D eigenvalue weighted by Crippen LogP contribution is -2.46. The van der Waals surface area contributed by atoms with Crippen LogP contribution < -0.4 is 0 Å². The van der Waals surface area contributed by atoms with Crippen molar-refractivity contribution < 1.29 is 14.7 Å². The summed E-state index contributed by atoms with van der Waals surface area (Å²) in [7, 11) is 0. The maximum Gasteiger partial charge on any atom is 0.313 e. The fraction of sp³-hybridized carbons (Fsp3) is 0.263. The second kappa shape index (κ2) is 5.64. The number of fused-ring (bicyclic) bond motifs is 1. The highest BCUT2D eigenvalue weighted by Crippen LogP contribution is 2.48. The normalized spacial score (nSPS) is 23.0. The Balaban J connectivity index is 1.95. The van der Waals surface area contributed by atoms with E-state index < -0.39 is 17.9 Å². The molecule has 0 radical (unpaired) electrons. The standard InChI is InChI=1S/C19H16ClNO3/c20-15-8-4-3-7-14(15)17-16(19(23)24)12-5-1-2-6-13(12)18(22)21(17)11-9-10-11/h1-8,11,16-17H,9-10H2,(H,23,24). The molecule has 2 aliphatic rings. The number of amides is 1. The van der Waals surface area contributed by atoms with E-state index >= 15 is 0 Å². The lowest BCUT2D eigenvalue weighted by atomic mass is 9.79. The van der Waals surface area contributed by atoms with Gasteiger partial charge in [0.1, 0.15) is 5.92 Å². The van der Waals surface area contributed by atoms with E-state index in [2.05, 4.69) is 0 Å². The Kier molecular flexibility index (Phi) is 3.57. The molecule has 2 atom stereocenters. The van der Waals surface area contributed by atoms with Crippen molar-refractivity contribution in [3.63, 3.8) is 0 Å². The van der Waals surface area contributed by atoms with Gasteiger partial charge in [0.15, 0.2) is 0 Å². The maximum absolute atomic E-state index is 13.1. The SMILES string of the molecule is O=C(O)C1c2ccccc2C(=O)N(C2CC2)C1c1ccccc1Cl. The first kappa shape index (κ1) is 15.2. The Bertz CT molecular complexity index is 831. The highest BCUT2D eigenvalue weighted by atomic mass is 35.5. The smallest absolute Gasteiger partial charge is 0.313 e. The molecule has 4 rings (SSSR count). The van der Waals surface area contributed by atoms with E-state index in [0.717, 1.165) is 12.8 Å². The zero-order valence-corrected chi connectivity index (χ0v) is 13.6. The molecule has 1 saturated carbocycles. The molecule has 0 saturated heterocycles. The summed E-state index contributed by atoms with van der Waals surface area (Å²) < 4.78 is 0. The monoisotopic (exact) mass is 341 g/mol. The molecule has 2 aromatic carbocycles. The van der Waals surface area contributed by atoms with Crippen molar-refractivity contribution in [3.8, 4) is 0 Å². The zero-order valence-electron chi connectivity index (χ0n) is 12.9. The lowest BCUT2D eigenvalue weighted by Gasteiger charge is -2.41. The molecule has 122 valence electrons. The molecule has 1 amide bonds. The predicted octanol–water partition coefficient (Wildman–Crippen LogP) is 3.87. The molecule has 2 aromatic rings. The van der Waals surface area contributed by atoms with Crippen LogP contribution in [0.2, 0.25) is 5.02 Å². The topological polar surface area (TPSA) is 57.6 Å². The van der Waals surface area contributed by atoms with Gasteiger partial charge < -0.3 is 10.0 Å². The summed E-state index contributed by atoms with van der Waals surface area (Å²) in [6.45, 7) is 0. The maximum atomic E-state index is 13.1. The third-order valence-corrected chi connectivity index (χ3v) is 5.15. The van der Waals surface area contributed by atoms with Gasteiger partial charge in [-0.15, -0.1) is 0 Å². The van der Waals surface area contributed by atoms with Crippen molar-refractivity contribution in [2.24, 2.45) is 0 Å². The quantitative estimate of drug-likeness (QED) is 0.922. The number of benzene rings is 2. The Morgan fingerprint density at radius 3 is 2.29 bits per heavy atom. The molecule has 5 heteroatoms. The molecule has 0 aromatic heterocycles. The number of aliphatic carboxylic acids is 1. The van der Waals surface area contributed by atoms with Crippen molar-refractivity contribution in [1.29, 1.82) is 0 Å². The second-order valence-electron chi connectivity index (χ2n) is 6.31. The molecule has 0 bridgehead atoms. The van der Waals surface area contributed by atoms with Crippen LogP contribution in [0.15, 0.2) is 48.5 Å². The second-order valence-corrected chi connectivity index (χ2v) is 6.72. The first-order chi connectivity index (χ1) is 11.6. The van der Waals surface area contributed by atoms with E-state index in [1.54, 1.807) is 35.2 Å². The number of carboxylic acid groups (broad SMARTS) is 1. The average molecular weight is 342 g/mol. The molecule has 1 fully saturated rings. The van der Waals surface area contributed by atoms with Crippen molar-refractivity contribution in [2.45, 2.75) is 30.8 Å². The van der Waals surface area contributed by atoms with Gasteiger partial charge in [-0.3, -0.25) is 9.59 Å². The van der Waals surface area contributed by atoms with E-state index in [0.29, 0.717) is 21.7 Å². The number of hydrogen-bond donors (Lipinski definition) is 1. The molecule has 1 N–H and O–H groups in total. The highest BCUT2D eigenvalue weighted by molar-refractivity contribution is 6.31. The number of carboxylic acids is 1. The van der Waals surface area contributed by atoms with Gasteiger partial charge in [-0.2, -0.15) is 0 Å². The lowest BCUT2D eigenvalue weighted by molar-refractivity contribution is -0.140. The third-order valence-electron chi connectivity index (χ3n) is 4.81. The zero-order chi connectivity index (χ0) is 16.8. The summed E-state index contributed by atoms with van der Waals surface area (Å²) in [5.41, 5.74) is 1.75. The fourth-order valence-corrected chi connectivity index (χ4v) is 3.86. The average Bonchev–Trinajstić information content (AvgIpc) is 3.39. The van der Waals surface area contributed by atoms with Gasteiger partial charge in [0.2, 0.25) is 0 Å². The summed E-state index contributed by atoms with van der Waals surface area (Å²) >= 11 is 6.36. The number of hydrogen-bond acceptors (Lipinski definition) is 2. The van der Waals surface area contributed by atoms with Crippen LogP contribution in [0.1, 0.15) is 46.3 Å². The molecule has 1 heterocycles. The van der Waals surface area contributed by atoms with E-state index in [4.69, 9.17) is 11.6 Å². The van der Waals surface area contributed by atoms with Crippen LogP contribution in [-0.2, 0) is 4.79 Å². The first-order valence-electron chi connectivity index (χ1n) is 7.98. The summed E-state index contributed by atoms with van der Waals surface area (Å²) in [5, 5.41) is 10.4. The van der Waals surface area contributed by atoms with Gasteiger partial charge in [-0.25, -0.2) is 0 Å². The van der Waals surface area contributed by atoms with E-state index in [1.807, 2.05) is 18.2 Å². The van der Waals surface area contributed by atoms with E-state index in [9.17, 15) is 14.7 Å². The van der Waals surface area contributed by atoms with E-state index in [1.165, 1.54) is 0 Å². The molecule has 2 unspecified atom stereocenters. The Hall–Kier alpha value is -2.33. The van der Waals surface area contributed by atoms with Gasteiger partial charge in [0.05, 0.1) is 6.04 Å². The summed E-state index contributed by atoms with van der Waals surface area (Å²) in [4.78, 5) is 26.9. The van der Waals surface area contributed by atoms with Crippen LogP contribution in [0.4, 0.5) is 0 Å². The van der Waals surface area contributed by atoms with Crippen LogP contribution >= 0.6 is 11.6 Å². The van der Waals surface area contributed by atoms with Crippen molar-refractivity contribution in [1.82, 2.24) is 4.90 Å². The van der Waals surface area contributed by atoms with Crippen LogP contribution in [0.3, 0.4) is 0 Å². The molecular formula is C19H16ClNO3. The van der Waals surface area contributed by atoms with Crippen molar-refractivity contribution in [3.05, 3.63) is 70.2 Å². The largest absolute Gasteiger partial charge is 0.481 e. The molecule has 0 spiro atoms. The first-order valence-corrected chi connectivity index (χ1v) is 8.36. The molecule has 4 nitrogen and oxygen atoms in total. The van der Waals surface area contributed by atoms with Crippen LogP contribution in [-0.4, -0.2) is 27.9 Å². The van der Waals surface area contributed by atoms with Gasteiger partial charge in [-0.1, -0.05) is 48.0 Å². The molecule has 1 aliphatic carbocycles.